The Hall–Kier alpha value is -1.67. The molecule has 4 atom stereocenters. The van der Waals surface area contributed by atoms with Gasteiger partial charge in [0.15, 0.2) is 0 Å². The average Bonchev–Trinajstić information content (AvgIpc) is 3.28. The molecule has 2 fully saturated rings. The highest BCUT2D eigenvalue weighted by atomic mass is 16.1. The lowest BCUT2D eigenvalue weighted by Crippen LogP contribution is -2.33. The van der Waals surface area contributed by atoms with Gasteiger partial charge in [0.2, 0.25) is 0 Å². The van der Waals surface area contributed by atoms with Crippen molar-refractivity contribution in [2.75, 3.05) is 19.6 Å². The number of unbranched alkanes of at least 4 members (excludes halogenated alkanes) is 4. The van der Waals surface area contributed by atoms with E-state index in [1.807, 2.05) is 0 Å². The molecule has 2 nitrogen and oxygen atoms in total. The molecule has 1 aliphatic heterocycles. The number of ketones is 1. The van der Waals surface area contributed by atoms with Crippen LogP contribution in [0.4, 0.5) is 0 Å². The van der Waals surface area contributed by atoms with Crippen LogP contribution in [0.15, 0.2) is 48.6 Å². The fourth-order valence-corrected chi connectivity index (χ4v) is 6.27. The summed E-state index contributed by atoms with van der Waals surface area (Å²) < 4.78 is 0. The van der Waals surface area contributed by atoms with Crippen molar-refractivity contribution in [2.24, 2.45) is 23.2 Å². The molecule has 0 N–H and O–H groups in total. The Bertz CT molecular complexity index is 819. The highest BCUT2D eigenvalue weighted by molar-refractivity contribution is 5.84. The third-order valence-electron chi connectivity index (χ3n) is 8.69. The summed E-state index contributed by atoms with van der Waals surface area (Å²) in [7, 11) is 0. The van der Waals surface area contributed by atoms with Crippen LogP contribution in [0.1, 0.15) is 90.0 Å². The van der Waals surface area contributed by atoms with E-state index in [2.05, 4.69) is 67.3 Å². The fraction of sp³-hybridized carbons (Fsp3) is 0.645. The van der Waals surface area contributed by atoms with E-state index in [0.29, 0.717) is 23.5 Å². The van der Waals surface area contributed by atoms with Crippen LogP contribution in [0.5, 0.6) is 0 Å². The average molecular weight is 448 g/mol. The van der Waals surface area contributed by atoms with Gasteiger partial charge in [-0.3, -0.25) is 4.79 Å². The number of likely N-dealkylation sites (tertiary alicyclic amines) is 1. The Morgan fingerprint density at radius 3 is 2.55 bits per heavy atom. The summed E-state index contributed by atoms with van der Waals surface area (Å²) >= 11 is 0. The van der Waals surface area contributed by atoms with Crippen molar-refractivity contribution in [3.05, 3.63) is 54.1 Å². The van der Waals surface area contributed by atoms with E-state index in [9.17, 15) is 4.79 Å². The maximum absolute atomic E-state index is 13.1. The number of allylic oxidation sites excluding steroid dienone is 4. The number of hydrogen-bond acceptors (Lipinski definition) is 2. The smallest absolute Gasteiger partial charge is 0.136 e. The minimum atomic E-state index is 0.223. The Kier molecular flexibility index (Phi) is 8.63. The largest absolute Gasteiger partial charge is 0.303 e. The summed E-state index contributed by atoms with van der Waals surface area (Å²) in [6.07, 6.45) is 20.4. The van der Waals surface area contributed by atoms with Gasteiger partial charge in [-0.2, -0.15) is 0 Å². The third-order valence-corrected chi connectivity index (χ3v) is 8.69. The van der Waals surface area contributed by atoms with Crippen LogP contribution in [-0.2, 0) is 4.79 Å². The van der Waals surface area contributed by atoms with Crippen molar-refractivity contribution >= 4 is 11.4 Å². The quantitative estimate of drug-likeness (QED) is 0.289. The van der Waals surface area contributed by atoms with Gasteiger partial charge in [-0.05, 0) is 80.0 Å². The normalized spacial score (nSPS) is 28.0. The second kappa shape index (κ2) is 11.6. The van der Waals surface area contributed by atoms with Crippen molar-refractivity contribution in [2.45, 2.75) is 84.5 Å². The van der Waals surface area contributed by atoms with E-state index < -0.39 is 0 Å². The van der Waals surface area contributed by atoms with Crippen LogP contribution in [0.2, 0.25) is 0 Å². The molecule has 0 aromatic heterocycles. The zero-order chi connectivity index (χ0) is 23.1. The van der Waals surface area contributed by atoms with Crippen LogP contribution >= 0.6 is 0 Å². The summed E-state index contributed by atoms with van der Waals surface area (Å²) in [5.41, 5.74) is 2.90. The summed E-state index contributed by atoms with van der Waals surface area (Å²) in [6, 6.07) is 10.7. The maximum Gasteiger partial charge on any atom is 0.136 e. The van der Waals surface area contributed by atoms with Crippen molar-refractivity contribution in [1.82, 2.24) is 4.90 Å². The molecule has 0 amide bonds. The maximum atomic E-state index is 13.1. The molecule has 0 bridgehead atoms. The molecular weight excluding hydrogens is 402 g/mol. The number of benzene rings is 1. The lowest BCUT2D eigenvalue weighted by Gasteiger charge is -2.32. The van der Waals surface area contributed by atoms with E-state index in [-0.39, 0.29) is 5.41 Å². The topological polar surface area (TPSA) is 20.3 Å². The number of hydrogen-bond donors (Lipinski definition) is 0. The first kappa shape index (κ1) is 24.5. The van der Waals surface area contributed by atoms with Gasteiger partial charge < -0.3 is 4.90 Å². The molecule has 1 saturated carbocycles. The van der Waals surface area contributed by atoms with Gasteiger partial charge in [-0.15, -0.1) is 0 Å². The van der Waals surface area contributed by atoms with E-state index in [0.717, 1.165) is 25.7 Å². The van der Waals surface area contributed by atoms with Crippen LogP contribution in [-0.4, -0.2) is 30.3 Å². The summed E-state index contributed by atoms with van der Waals surface area (Å²) in [5.74, 6) is 2.11. The Morgan fingerprint density at radius 1 is 1.09 bits per heavy atom. The second-order valence-corrected chi connectivity index (χ2v) is 11.2. The number of Topliss-reactive ketones (excluding diaryl/α,β-unsaturated/α-hetero) is 1. The third kappa shape index (κ3) is 6.47. The first-order chi connectivity index (χ1) is 16.1. The van der Waals surface area contributed by atoms with Crippen molar-refractivity contribution in [1.29, 1.82) is 0 Å². The van der Waals surface area contributed by atoms with Gasteiger partial charge in [0.1, 0.15) is 5.78 Å². The molecule has 4 rings (SSSR count). The van der Waals surface area contributed by atoms with Gasteiger partial charge in [0.05, 0.1) is 0 Å². The molecule has 0 radical (unpaired) electrons. The van der Waals surface area contributed by atoms with E-state index in [1.165, 1.54) is 75.7 Å². The zero-order valence-electron chi connectivity index (χ0n) is 21.1. The van der Waals surface area contributed by atoms with Crippen molar-refractivity contribution in [3.63, 3.8) is 0 Å². The summed E-state index contributed by atoms with van der Waals surface area (Å²) in [5, 5.41) is 0. The van der Waals surface area contributed by atoms with Crippen LogP contribution in [0, 0.1) is 23.2 Å². The summed E-state index contributed by atoms with van der Waals surface area (Å²) in [6.45, 7) is 8.38. The lowest BCUT2D eigenvalue weighted by molar-refractivity contribution is -0.121. The zero-order valence-corrected chi connectivity index (χ0v) is 21.1. The van der Waals surface area contributed by atoms with Crippen molar-refractivity contribution in [3.8, 4) is 0 Å². The van der Waals surface area contributed by atoms with Crippen LogP contribution < -0.4 is 0 Å². The Balaban J connectivity index is 1.34. The molecule has 33 heavy (non-hydrogen) atoms. The second-order valence-electron chi connectivity index (χ2n) is 11.2. The number of nitrogens with zero attached hydrogens (tertiary/aromatic N) is 1. The molecule has 180 valence electrons. The predicted octanol–water partition coefficient (Wildman–Crippen LogP) is 7.70. The Morgan fingerprint density at radius 2 is 1.85 bits per heavy atom. The van der Waals surface area contributed by atoms with Crippen molar-refractivity contribution < 1.29 is 4.79 Å². The van der Waals surface area contributed by atoms with E-state index >= 15 is 0 Å². The Labute approximate surface area is 202 Å². The van der Waals surface area contributed by atoms with E-state index in [4.69, 9.17) is 0 Å². The van der Waals surface area contributed by atoms with Crippen LogP contribution in [0.25, 0.3) is 5.57 Å². The highest BCUT2D eigenvalue weighted by Gasteiger charge is 2.58. The molecular formula is C31H45NO. The lowest BCUT2D eigenvalue weighted by atomic mass is 9.78. The first-order valence-corrected chi connectivity index (χ1v) is 13.8. The molecule has 4 unspecified atom stereocenters. The molecule has 1 aromatic rings. The highest BCUT2D eigenvalue weighted by Crippen LogP contribution is 2.60. The molecule has 1 heterocycles. The molecule has 2 heteroatoms. The predicted molar refractivity (Wildman–Crippen MR) is 140 cm³/mol. The molecule has 0 spiro atoms. The van der Waals surface area contributed by atoms with Gasteiger partial charge in [-0.25, -0.2) is 0 Å². The molecule has 1 aromatic carbocycles. The first-order valence-electron chi connectivity index (χ1n) is 13.8. The molecule has 2 aliphatic carbocycles. The monoisotopic (exact) mass is 447 g/mol. The molecule has 3 aliphatic rings. The minimum Gasteiger partial charge on any atom is -0.303 e. The van der Waals surface area contributed by atoms with E-state index in [1.54, 1.807) is 0 Å². The minimum absolute atomic E-state index is 0.223. The van der Waals surface area contributed by atoms with Gasteiger partial charge in [0.25, 0.3) is 0 Å². The SMILES string of the molecule is CCCCCCCC(=O)C1CC1(C)C(CC1C=CC(c2ccccc2)=CC1)CN1CCCC1. The van der Waals surface area contributed by atoms with Gasteiger partial charge in [0, 0.05) is 18.9 Å². The van der Waals surface area contributed by atoms with Crippen LogP contribution in [0.3, 0.4) is 0 Å². The summed E-state index contributed by atoms with van der Waals surface area (Å²) in [4.78, 5) is 15.7. The number of carbonyl (C=O) groups is 1. The molecule has 1 saturated heterocycles. The van der Waals surface area contributed by atoms with Gasteiger partial charge >= 0.3 is 0 Å². The fourth-order valence-electron chi connectivity index (χ4n) is 6.27. The number of carbonyl (C=O) groups excluding carboxylic acids is 1. The number of rotatable bonds is 13. The standard InChI is InChI=1S/C31H45NO/c1-3-4-5-6-10-15-30(33)29-23-31(29,2)28(24-32-20-11-12-21-32)22-25-16-18-27(19-17-25)26-13-8-7-9-14-26/h7-9,13-14,16,18-19,25,28-29H,3-6,10-12,15,17,20-24H2,1-2H3. The van der Waals surface area contributed by atoms with Gasteiger partial charge in [-0.1, -0.05) is 88.1 Å².